The fourth-order valence-corrected chi connectivity index (χ4v) is 5.61. The lowest BCUT2D eigenvalue weighted by molar-refractivity contribution is -0.137. The summed E-state index contributed by atoms with van der Waals surface area (Å²) in [5.74, 6) is -1.84. The average molecular weight is 681 g/mol. The van der Waals surface area contributed by atoms with Crippen LogP contribution in [0.25, 0.3) is 11.1 Å². The van der Waals surface area contributed by atoms with E-state index in [-0.39, 0.29) is 23.1 Å². The van der Waals surface area contributed by atoms with Gasteiger partial charge in [-0.2, -0.15) is 13.2 Å². The van der Waals surface area contributed by atoms with Gasteiger partial charge in [-0.3, -0.25) is 0 Å². The highest BCUT2D eigenvalue weighted by Gasteiger charge is 2.31. The first-order valence-corrected chi connectivity index (χ1v) is 16.3. The minimum absolute atomic E-state index is 0.0874. The Morgan fingerprint density at radius 2 is 1.74 bits per heavy atom. The zero-order chi connectivity index (χ0) is 33.6. The van der Waals surface area contributed by atoms with Gasteiger partial charge >= 0.3 is 18.3 Å². The maximum atomic E-state index is 15.0. The van der Waals surface area contributed by atoms with E-state index in [2.05, 4.69) is 25.0 Å². The molecule has 0 bridgehead atoms. The van der Waals surface area contributed by atoms with Crippen LogP contribution in [0.5, 0.6) is 0 Å². The number of carbonyl (C=O) groups is 2. The van der Waals surface area contributed by atoms with Gasteiger partial charge in [-0.25, -0.2) is 32.5 Å². The molecular weight excluding hydrogens is 655 g/mol. The molecule has 1 unspecified atom stereocenters. The summed E-state index contributed by atoms with van der Waals surface area (Å²) in [6.07, 6.45) is -1.21. The van der Waals surface area contributed by atoms with E-state index in [1.807, 2.05) is 5.32 Å². The number of thioether (sulfide) groups is 1. The summed E-state index contributed by atoms with van der Waals surface area (Å²) in [7, 11) is -3.10. The molecule has 0 aliphatic heterocycles. The summed E-state index contributed by atoms with van der Waals surface area (Å²) in [5.41, 5.74) is -0.985. The van der Waals surface area contributed by atoms with E-state index in [1.54, 1.807) is 31.4 Å². The zero-order valence-corrected chi connectivity index (χ0v) is 25.9. The van der Waals surface area contributed by atoms with Gasteiger partial charge in [0.1, 0.15) is 16.7 Å². The minimum atomic E-state index is -4.76. The Hall–Kier alpha value is -4.77. The van der Waals surface area contributed by atoms with E-state index in [0.717, 1.165) is 6.07 Å². The highest BCUT2D eigenvalue weighted by atomic mass is 32.2. The standard InChI is InChI=1S/C29H25F5N6O4S2/c1-4-44-28(42)40-46(3,43)19-7-5-6-18(14-19)36-26-35-15-20(25(39-26)45-2)16-8-11-23(22(31)12-16)37-27(41)38-24-13-17(29(32,33)34)9-10-21(24)30/h5-15H,4H2,1-3H3,(H,35,36,39)(H2,37,38,41). The molecule has 3 aromatic carbocycles. The predicted molar refractivity (Wildman–Crippen MR) is 165 cm³/mol. The van der Waals surface area contributed by atoms with Crippen molar-refractivity contribution in [2.75, 3.05) is 35.1 Å². The van der Waals surface area contributed by atoms with Gasteiger partial charge in [0.05, 0.1) is 33.3 Å². The molecule has 3 amide bonds. The number of benzene rings is 3. The molecule has 10 nitrogen and oxygen atoms in total. The van der Waals surface area contributed by atoms with Crippen LogP contribution < -0.4 is 16.0 Å². The Bertz CT molecular complexity index is 1920. The van der Waals surface area contributed by atoms with Crippen LogP contribution >= 0.6 is 11.8 Å². The number of halogens is 5. The maximum absolute atomic E-state index is 15.0. The summed E-state index contributed by atoms with van der Waals surface area (Å²) in [6.45, 7) is 1.69. The summed E-state index contributed by atoms with van der Waals surface area (Å²) < 4.78 is 89.3. The Kier molecular flexibility index (Phi) is 10.5. The van der Waals surface area contributed by atoms with E-state index in [9.17, 15) is 31.4 Å². The normalized spacial score (nSPS) is 12.5. The van der Waals surface area contributed by atoms with Gasteiger partial charge in [0.2, 0.25) is 5.95 Å². The van der Waals surface area contributed by atoms with Crippen molar-refractivity contribution in [3.8, 4) is 11.1 Å². The number of anilines is 4. The summed E-state index contributed by atoms with van der Waals surface area (Å²) in [6, 6.07) is 10.5. The van der Waals surface area contributed by atoms with E-state index in [0.29, 0.717) is 40.0 Å². The Balaban J connectivity index is 1.50. The first-order valence-electron chi connectivity index (χ1n) is 13.1. The third-order valence-electron chi connectivity index (χ3n) is 6.06. The summed E-state index contributed by atoms with van der Waals surface area (Å²) in [5, 5.41) is 7.53. The molecule has 4 rings (SSSR count). The number of ether oxygens (including phenoxy) is 1. The highest BCUT2D eigenvalue weighted by molar-refractivity contribution is 7.98. The van der Waals surface area contributed by atoms with Crippen molar-refractivity contribution < 1.29 is 40.5 Å². The Morgan fingerprint density at radius 1 is 1.00 bits per heavy atom. The second-order valence-corrected chi connectivity index (χ2v) is 12.4. The fraction of sp³-hybridized carbons (Fsp3) is 0.172. The lowest BCUT2D eigenvalue weighted by Gasteiger charge is -2.13. The second-order valence-electron chi connectivity index (χ2n) is 9.33. The van der Waals surface area contributed by atoms with Gasteiger partial charge < -0.3 is 20.7 Å². The van der Waals surface area contributed by atoms with E-state index < -0.39 is 50.9 Å². The molecular formula is C29H25F5N6O4S2. The number of alkyl halides is 3. The maximum Gasteiger partial charge on any atom is 0.442 e. The van der Waals surface area contributed by atoms with Crippen molar-refractivity contribution >= 4 is 56.6 Å². The van der Waals surface area contributed by atoms with Crippen molar-refractivity contribution in [1.29, 1.82) is 0 Å². The number of hydrogen-bond donors (Lipinski definition) is 3. The topological polar surface area (TPSA) is 135 Å². The zero-order valence-electron chi connectivity index (χ0n) is 24.2. The quantitative estimate of drug-likeness (QED) is 0.0964. The van der Waals surface area contributed by atoms with Gasteiger partial charge in [0.25, 0.3) is 0 Å². The smallest absolute Gasteiger partial charge is 0.442 e. The van der Waals surface area contributed by atoms with Crippen LogP contribution in [0.3, 0.4) is 0 Å². The summed E-state index contributed by atoms with van der Waals surface area (Å²) in [4.78, 5) is 33.1. The number of aromatic nitrogens is 2. The average Bonchev–Trinajstić information content (AvgIpc) is 2.98. The van der Waals surface area contributed by atoms with Gasteiger partial charge in [-0.15, -0.1) is 16.1 Å². The number of carbonyl (C=O) groups excluding carboxylic acids is 2. The third-order valence-corrected chi connectivity index (χ3v) is 8.39. The molecule has 1 heterocycles. The van der Waals surface area contributed by atoms with E-state index in [4.69, 9.17) is 4.74 Å². The SMILES string of the molecule is CCOC(=O)N=S(C)(=O)c1cccc(Nc2ncc(-c3ccc(NC(=O)Nc4cc(C(F)(F)F)ccc4F)c(F)c3)c(SC)n2)c1. The number of nitrogens with one attached hydrogen (secondary N) is 3. The molecule has 0 fully saturated rings. The van der Waals surface area contributed by atoms with Crippen LogP contribution in [0, 0.1) is 11.6 Å². The van der Waals surface area contributed by atoms with Crippen molar-refractivity contribution in [1.82, 2.24) is 9.97 Å². The molecule has 46 heavy (non-hydrogen) atoms. The third kappa shape index (κ3) is 8.48. The number of hydrogen-bond acceptors (Lipinski definition) is 8. The molecule has 0 radical (unpaired) electrons. The first-order chi connectivity index (χ1) is 21.7. The molecule has 4 aromatic rings. The van der Waals surface area contributed by atoms with Crippen LogP contribution in [-0.4, -0.2) is 45.4 Å². The van der Waals surface area contributed by atoms with Crippen LogP contribution in [0.2, 0.25) is 0 Å². The molecule has 1 atom stereocenters. The molecule has 0 saturated heterocycles. The molecule has 0 saturated carbocycles. The lowest BCUT2D eigenvalue weighted by Crippen LogP contribution is -2.21. The van der Waals surface area contributed by atoms with Crippen LogP contribution in [0.4, 0.5) is 54.6 Å². The number of urea groups is 1. The van der Waals surface area contributed by atoms with Crippen molar-refractivity contribution in [2.45, 2.75) is 23.0 Å². The van der Waals surface area contributed by atoms with Crippen LogP contribution in [0.1, 0.15) is 12.5 Å². The van der Waals surface area contributed by atoms with E-state index in [1.165, 1.54) is 42.4 Å². The van der Waals surface area contributed by atoms with Crippen molar-refractivity contribution in [3.05, 3.63) is 84.1 Å². The van der Waals surface area contributed by atoms with E-state index >= 15 is 4.39 Å². The minimum Gasteiger partial charge on any atom is -0.448 e. The molecule has 0 aliphatic rings. The van der Waals surface area contributed by atoms with Gasteiger partial charge in [-0.1, -0.05) is 12.1 Å². The molecule has 3 N–H and O–H groups in total. The Morgan fingerprint density at radius 3 is 2.41 bits per heavy atom. The molecule has 1 aromatic heterocycles. The second kappa shape index (κ2) is 14.1. The fourth-order valence-electron chi connectivity index (χ4n) is 3.92. The van der Waals surface area contributed by atoms with Gasteiger partial charge in [-0.05, 0) is 67.3 Å². The molecule has 0 aliphatic carbocycles. The number of nitrogens with zero attached hydrogens (tertiary/aromatic N) is 3. The monoisotopic (exact) mass is 680 g/mol. The molecule has 17 heteroatoms. The molecule has 242 valence electrons. The highest BCUT2D eigenvalue weighted by Crippen LogP contribution is 2.33. The van der Waals surface area contributed by atoms with Crippen LogP contribution in [0.15, 0.2) is 81.1 Å². The predicted octanol–water partition coefficient (Wildman–Crippen LogP) is 8.16. The number of rotatable bonds is 8. The van der Waals surface area contributed by atoms with Crippen molar-refractivity contribution in [3.63, 3.8) is 0 Å². The summed E-state index contributed by atoms with van der Waals surface area (Å²) >= 11 is 1.24. The Labute approximate surface area is 264 Å². The number of amides is 3. The lowest BCUT2D eigenvalue weighted by atomic mass is 10.1. The molecule has 0 spiro atoms. The van der Waals surface area contributed by atoms with Gasteiger partial charge in [0.15, 0.2) is 0 Å². The first kappa shape index (κ1) is 34.1. The van der Waals surface area contributed by atoms with Gasteiger partial charge in [0, 0.05) is 28.6 Å². The van der Waals surface area contributed by atoms with Crippen molar-refractivity contribution in [2.24, 2.45) is 4.36 Å². The van der Waals surface area contributed by atoms with Crippen LogP contribution in [-0.2, 0) is 20.6 Å². The largest absolute Gasteiger partial charge is 0.448 e.